The molecule has 0 unspecified atom stereocenters. The fourth-order valence-corrected chi connectivity index (χ4v) is 4.19. The van der Waals surface area contributed by atoms with Crippen molar-refractivity contribution in [1.29, 1.82) is 0 Å². The number of benzene rings is 1. The molecule has 1 fully saturated rings. The molecule has 106 valence electrons. The van der Waals surface area contributed by atoms with Gasteiger partial charge in [-0.1, -0.05) is 23.7 Å². The molecule has 1 saturated heterocycles. The number of aromatic nitrogens is 2. The van der Waals surface area contributed by atoms with E-state index in [-0.39, 0.29) is 5.15 Å². The number of fused-ring (bicyclic) bond motifs is 1. The van der Waals surface area contributed by atoms with Crippen LogP contribution in [-0.4, -0.2) is 33.0 Å². The number of hydrogen-bond acceptors (Lipinski definition) is 4. The van der Waals surface area contributed by atoms with E-state index in [1.165, 1.54) is 0 Å². The molecule has 0 amide bonds. The van der Waals surface area contributed by atoms with Crippen LogP contribution in [0.25, 0.3) is 11.0 Å². The summed E-state index contributed by atoms with van der Waals surface area (Å²) in [5, 5.41) is 3.99. The van der Waals surface area contributed by atoms with E-state index in [0.717, 1.165) is 37.0 Å². The van der Waals surface area contributed by atoms with Crippen molar-refractivity contribution < 1.29 is 4.21 Å². The lowest BCUT2D eigenvalue weighted by atomic mass is 10.0. The van der Waals surface area contributed by atoms with Crippen molar-refractivity contribution in [2.45, 2.75) is 17.9 Å². The first-order valence-corrected chi connectivity index (χ1v) is 8.45. The summed E-state index contributed by atoms with van der Waals surface area (Å²) in [6.07, 6.45) is 2.12. The van der Waals surface area contributed by atoms with Crippen molar-refractivity contribution >= 4 is 33.4 Å². The van der Waals surface area contributed by atoms with Crippen LogP contribution in [0.1, 0.15) is 12.8 Å². The second-order valence-electron chi connectivity index (χ2n) is 5.01. The lowest BCUT2D eigenvalue weighted by molar-refractivity contribution is 0.405. The van der Waals surface area contributed by atoms with Crippen LogP contribution < -0.4 is 5.32 Å². The second-order valence-corrected chi connectivity index (χ2v) is 6.78. The summed E-state index contributed by atoms with van der Waals surface area (Å²) in [6.45, 7) is 2.00. The molecule has 4 nitrogen and oxygen atoms in total. The average Bonchev–Trinajstić information content (AvgIpc) is 2.47. The van der Waals surface area contributed by atoms with Gasteiger partial charge in [0.2, 0.25) is 0 Å². The highest BCUT2D eigenvalue weighted by molar-refractivity contribution is 7.85. The van der Waals surface area contributed by atoms with Crippen molar-refractivity contribution in [3.63, 3.8) is 0 Å². The zero-order chi connectivity index (χ0) is 13.9. The maximum absolute atomic E-state index is 12.5. The Balaban J connectivity index is 1.84. The van der Waals surface area contributed by atoms with Crippen molar-refractivity contribution in [3.8, 4) is 0 Å². The fourth-order valence-electron chi connectivity index (χ4n) is 2.45. The van der Waals surface area contributed by atoms with Crippen LogP contribution in [0.5, 0.6) is 0 Å². The number of piperidine rings is 1. The van der Waals surface area contributed by atoms with Crippen LogP contribution in [0, 0.1) is 5.92 Å². The average molecular weight is 310 g/mol. The van der Waals surface area contributed by atoms with Gasteiger partial charge in [0.15, 0.2) is 10.2 Å². The summed E-state index contributed by atoms with van der Waals surface area (Å²) in [6, 6.07) is 7.50. The minimum absolute atomic E-state index is 0.260. The van der Waals surface area contributed by atoms with E-state index in [0.29, 0.717) is 16.7 Å². The Labute approximate surface area is 125 Å². The summed E-state index contributed by atoms with van der Waals surface area (Å²) in [5.41, 5.74) is 1.48. The number of rotatable bonds is 3. The second kappa shape index (κ2) is 6.16. The molecule has 1 aliphatic heterocycles. The molecule has 2 aromatic rings. The minimum Gasteiger partial charge on any atom is -0.317 e. The number of nitrogens with zero attached hydrogens (tertiary/aromatic N) is 2. The molecule has 20 heavy (non-hydrogen) atoms. The van der Waals surface area contributed by atoms with Gasteiger partial charge in [-0.3, -0.25) is 4.21 Å². The minimum atomic E-state index is -1.18. The Morgan fingerprint density at radius 3 is 2.55 bits per heavy atom. The van der Waals surface area contributed by atoms with Crippen molar-refractivity contribution in [2.24, 2.45) is 5.92 Å². The highest BCUT2D eigenvalue weighted by atomic mass is 35.5. The van der Waals surface area contributed by atoms with Crippen LogP contribution >= 0.6 is 11.6 Å². The van der Waals surface area contributed by atoms with Crippen LogP contribution in [0.15, 0.2) is 29.3 Å². The van der Waals surface area contributed by atoms with Gasteiger partial charge in [0.25, 0.3) is 0 Å². The zero-order valence-corrected chi connectivity index (χ0v) is 12.6. The first kappa shape index (κ1) is 13.9. The first-order valence-electron chi connectivity index (χ1n) is 6.75. The maximum atomic E-state index is 12.5. The number of hydrogen-bond donors (Lipinski definition) is 1. The molecule has 0 radical (unpaired) electrons. The molecule has 0 aliphatic carbocycles. The van der Waals surface area contributed by atoms with Gasteiger partial charge in [-0.05, 0) is 44.0 Å². The van der Waals surface area contributed by atoms with Gasteiger partial charge < -0.3 is 5.32 Å². The molecule has 1 aromatic carbocycles. The van der Waals surface area contributed by atoms with E-state index < -0.39 is 10.8 Å². The smallest absolute Gasteiger partial charge is 0.165 e. The topological polar surface area (TPSA) is 54.9 Å². The van der Waals surface area contributed by atoms with E-state index in [4.69, 9.17) is 11.6 Å². The van der Waals surface area contributed by atoms with Gasteiger partial charge in [0, 0.05) is 5.75 Å². The maximum Gasteiger partial charge on any atom is 0.165 e. The molecular weight excluding hydrogens is 294 g/mol. The predicted molar refractivity (Wildman–Crippen MR) is 81.4 cm³/mol. The fraction of sp³-hybridized carbons (Fsp3) is 0.429. The SMILES string of the molecule is O=[S@](CC1CCNCC1)c1nc2ccccc2nc1Cl. The van der Waals surface area contributed by atoms with Gasteiger partial charge >= 0.3 is 0 Å². The summed E-state index contributed by atoms with van der Waals surface area (Å²) in [7, 11) is -1.18. The molecule has 1 aromatic heterocycles. The van der Waals surface area contributed by atoms with Crippen molar-refractivity contribution in [2.75, 3.05) is 18.8 Å². The summed E-state index contributed by atoms with van der Waals surface area (Å²) in [5.74, 6) is 1.09. The molecule has 1 aliphatic rings. The Kier molecular flexibility index (Phi) is 4.29. The van der Waals surface area contributed by atoms with Gasteiger partial charge in [-0.2, -0.15) is 0 Å². The number of nitrogens with one attached hydrogen (secondary N) is 1. The van der Waals surface area contributed by atoms with E-state index in [2.05, 4.69) is 15.3 Å². The molecule has 1 atom stereocenters. The number of halogens is 1. The third kappa shape index (κ3) is 3.00. The quantitative estimate of drug-likeness (QED) is 0.946. The molecule has 0 spiro atoms. The molecule has 6 heteroatoms. The predicted octanol–water partition coefficient (Wildman–Crippen LogP) is 2.39. The lowest BCUT2D eigenvalue weighted by Gasteiger charge is -2.21. The Bertz CT molecular complexity index is 643. The van der Waals surface area contributed by atoms with Crippen LogP contribution in [0.4, 0.5) is 0 Å². The molecule has 0 saturated carbocycles. The van der Waals surface area contributed by atoms with Gasteiger partial charge in [0.1, 0.15) is 0 Å². The summed E-state index contributed by atoms with van der Waals surface area (Å²) < 4.78 is 12.5. The van der Waals surface area contributed by atoms with Crippen LogP contribution in [0.2, 0.25) is 5.15 Å². The molecule has 0 bridgehead atoms. The van der Waals surface area contributed by atoms with Crippen molar-refractivity contribution in [3.05, 3.63) is 29.4 Å². The van der Waals surface area contributed by atoms with E-state index >= 15 is 0 Å². The highest BCUT2D eigenvalue weighted by Gasteiger charge is 2.20. The van der Waals surface area contributed by atoms with Gasteiger partial charge in [-0.15, -0.1) is 0 Å². The van der Waals surface area contributed by atoms with E-state index in [1.807, 2.05) is 24.3 Å². The van der Waals surface area contributed by atoms with E-state index in [9.17, 15) is 4.21 Å². The normalized spacial score (nSPS) is 18.2. The highest BCUT2D eigenvalue weighted by Crippen LogP contribution is 2.22. The monoisotopic (exact) mass is 309 g/mol. The van der Waals surface area contributed by atoms with Gasteiger partial charge in [-0.25, -0.2) is 9.97 Å². The van der Waals surface area contributed by atoms with E-state index in [1.54, 1.807) is 0 Å². The zero-order valence-electron chi connectivity index (χ0n) is 11.0. The third-order valence-corrected chi connectivity index (χ3v) is 5.43. The third-order valence-electron chi connectivity index (χ3n) is 3.56. The molecule has 2 heterocycles. The first-order chi connectivity index (χ1) is 9.74. The molecule has 3 rings (SSSR count). The van der Waals surface area contributed by atoms with Crippen LogP contribution in [-0.2, 0) is 10.8 Å². The van der Waals surface area contributed by atoms with Crippen molar-refractivity contribution in [1.82, 2.24) is 15.3 Å². The molecular formula is C14H16ClN3OS. The Morgan fingerprint density at radius 1 is 1.20 bits per heavy atom. The Hall–Kier alpha value is -1.04. The molecule has 1 N–H and O–H groups in total. The Morgan fingerprint density at radius 2 is 1.85 bits per heavy atom. The summed E-state index contributed by atoms with van der Waals surface area (Å²) >= 11 is 6.14. The van der Waals surface area contributed by atoms with Gasteiger partial charge in [0.05, 0.1) is 21.8 Å². The lowest BCUT2D eigenvalue weighted by Crippen LogP contribution is -2.30. The largest absolute Gasteiger partial charge is 0.317 e. The standard InChI is InChI=1S/C14H16ClN3OS/c15-13-14(18-12-4-2-1-3-11(12)17-13)20(19)9-10-5-7-16-8-6-10/h1-4,10,16H,5-9H2/t20-/m1/s1. The number of para-hydroxylation sites is 2. The van der Waals surface area contributed by atoms with Crippen LogP contribution in [0.3, 0.4) is 0 Å². The summed E-state index contributed by atoms with van der Waals surface area (Å²) in [4.78, 5) is 8.72.